The van der Waals surface area contributed by atoms with Crippen LogP contribution in [0.25, 0.3) is 0 Å². The maximum absolute atomic E-state index is 11.9. The van der Waals surface area contributed by atoms with Crippen molar-refractivity contribution >= 4 is 34.5 Å². The molecular formula is C8H8Cl2F3NS. The Labute approximate surface area is 99.2 Å². The van der Waals surface area contributed by atoms with Gasteiger partial charge in [0.15, 0.2) is 0 Å². The molecule has 0 aromatic carbocycles. The third-order valence-electron chi connectivity index (χ3n) is 1.76. The lowest BCUT2D eigenvalue weighted by atomic mass is 10.2. The lowest BCUT2D eigenvalue weighted by Gasteiger charge is -2.14. The summed E-state index contributed by atoms with van der Waals surface area (Å²) in [4.78, 5) is 0. The Morgan fingerprint density at radius 3 is 2.47 bits per heavy atom. The Balaban J connectivity index is 2.61. The second kappa shape index (κ2) is 4.91. The van der Waals surface area contributed by atoms with Gasteiger partial charge >= 0.3 is 6.18 Å². The van der Waals surface area contributed by atoms with Crippen molar-refractivity contribution < 1.29 is 13.2 Å². The topological polar surface area (TPSA) is 12.0 Å². The Hall–Kier alpha value is 0.0300. The van der Waals surface area contributed by atoms with E-state index in [1.165, 1.54) is 0 Å². The van der Waals surface area contributed by atoms with E-state index in [1.54, 1.807) is 13.0 Å². The number of rotatable bonds is 3. The van der Waals surface area contributed by atoms with Crippen LogP contribution < -0.4 is 5.32 Å². The van der Waals surface area contributed by atoms with Crippen LogP contribution in [0.5, 0.6) is 0 Å². The second-order valence-corrected chi connectivity index (χ2v) is 5.28. The molecule has 1 aromatic rings. The maximum atomic E-state index is 11.9. The summed E-state index contributed by atoms with van der Waals surface area (Å²) in [7, 11) is 0. The molecular weight excluding hydrogens is 270 g/mol. The van der Waals surface area contributed by atoms with Gasteiger partial charge in [0.25, 0.3) is 0 Å². The Morgan fingerprint density at radius 2 is 2.07 bits per heavy atom. The maximum Gasteiger partial charge on any atom is 0.401 e. The Kier molecular flexibility index (Phi) is 4.29. The summed E-state index contributed by atoms with van der Waals surface area (Å²) in [6.45, 7) is 0.563. The highest BCUT2D eigenvalue weighted by molar-refractivity contribution is 7.20. The van der Waals surface area contributed by atoms with E-state index in [-0.39, 0.29) is 0 Å². The highest BCUT2D eigenvalue weighted by Gasteiger charge is 2.28. The van der Waals surface area contributed by atoms with Gasteiger partial charge in [-0.1, -0.05) is 23.2 Å². The van der Waals surface area contributed by atoms with Gasteiger partial charge in [-0.25, -0.2) is 0 Å². The fourth-order valence-electron chi connectivity index (χ4n) is 1.03. The molecule has 0 aliphatic carbocycles. The van der Waals surface area contributed by atoms with E-state index in [2.05, 4.69) is 5.32 Å². The highest BCUT2D eigenvalue weighted by atomic mass is 35.5. The molecule has 0 bridgehead atoms. The lowest BCUT2D eigenvalue weighted by molar-refractivity contribution is -0.126. The zero-order valence-corrected chi connectivity index (χ0v) is 9.99. The molecule has 0 amide bonds. The molecule has 0 spiro atoms. The number of hydrogen-bond donors (Lipinski definition) is 1. The normalized spacial score (nSPS) is 14.3. The van der Waals surface area contributed by atoms with Crippen molar-refractivity contribution in [1.29, 1.82) is 0 Å². The van der Waals surface area contributed by atoms with Gasteiger partial charge in [0.2, 0.25) is 0 Å². The van der Waals surface area contributed by atoms with Crippen molar-refractivity contribution in [3.05, 3.63) is 20.3 Å². The number of halogens is 5. The van der Waals surface area contributed by atoms with Crippen LogP contribution in [0.4, 0.5) is 13.2 Å². The van der Waals surface area contributed by atoms with Gasteiger partial charge in [0.1, 0.15) is 0 Å². The van der Waals surface area contributed by atoms with Crippen LogP contribution in [-0.4, -0.2) is 12.7 Å². The molecule has 1 heterocycles. The number of nitrogens with one attached hydrogen (secondary N) is 1. The van der Waals surface area contributed by atoms with Gasteiger partial charge < -0.3 is 5.32 Å². The molecule has 1 rings (SSSR count). The van der Waals surface area contributed by atoms with Crippen LogP contribution in [0.2, 0.25) is 8.67 Å². The molecule has 1 unspecified atom stereocenters. The summed E-state index contributed by atoms with van der Waals surface area (Å²) in [5, 5.41) is 2.33. The molecule has 15 heavy (non-hydrogen) atoms. The summed E-state index contributed by atoms with van der Waals surface area (Å²) < 4.78 is 36.6. The fourth-order valence-corrected chi connectivity index (χ4v) is 2.67. The monoisotopic (exact) mass is 277 g/mol. The largest absolute Gasteiger partial charge is 0.401 e. The standard InChI is InChI=1S/C8H8Cl2F3NS/c1-4(14-3-8(11,12)13)5-2-6(9)15-7(5)10/h2,4,14H,3H2,1H3. The van der Waals surface area contributed by atoms with Gasteiger partial charge in [-0.2, -0.15) is 13.2 Å². The molecule has 0 saturated carbocycles. The lowest BCUT2D eigenvalue weighted by Crippen LogP contribution is -2.30. The summed E-state index contributed by atoms with van der Waals surface area (Å²) in [6, 6.07) is 1.10. The first kappa shape index (κ1) is 13.1. The van der Waals surface area contributed by atoms with Gasteiger partial charge in [-0.3, -0.25) is 0 Å². The van der Waals surface area contributed by atoms with Gasteiger partial charge in [-0.15, -0.1) is 11.3 Å². The third kappa shape index (κ3) is 4.18. The van der Waals surface area contributed by atoms with Gasteiger partial charge in [-0.05, 0) is 18.6 Å². The van der Waals surface area contributed by atoms with Crippen LogP contribution in [0, 0.1) is 0 Å². The predicted molar refractivity (Wildman–Crippen MR) is 56.8 cm³/mol. The van der Waals surface area contributed by atoms with E-state index in [4.69, 9.17) is 23.2 Å². The molecule has 86 valence electrons. The molecule has 0 saturated heterocycles. The van der Waals surface area contributed by atoms with E-state index in [9.17, 15) is 13.2 Å². The molecule has 1 aromatic heterocycles. The minimum absolute atomic E-state index is 0.419. The molecule has 0 aliphatic heterocycles. The average Bonchev–Trinajstić information content (AvgIpc) is 2.40. The Morgan fingerprint density at radius 1 is 1.47 bits per heavy atom. The molecule has 0 fully saturated rings. The SMILES string of the molecule is CC(NCC(F)(F)F)c1cc(Cl)sc1Cl. The van der Waals surface area contributed by atoms with Gasteiger partial charge in [0, 0.05) is 6.04 Å². The van der Waals surface area contributed by atoms with E-state index in [0.717, 1.165) is 11.3 Å². The third-order valence-corrected chi connectivity index (χ3v) is 3.28. The molecule has 1 N–H and O–H groups in total. The van der Waals surface area contributed by atoms with E-state index >= 15 is 0 Å². The average molecular weight is 278 g/mol. The minimum Gasteiger partial charge on any atom is -0.302 e. The molecule has 0 radical (unpaired) electrons. The van der Waals surface area contributed by atoms with Crippen molar-refractivity contribution in [2.24, 2.45) is 0 Å². The number of thiophene rings is 1. The molecule has 1 atom stereocenters. The van der Waals surface area contributed by atoms with E-state index in [0.29, 0.717) is 14.2 Å². The quantitative estimate of drug-likeness (QED) is 0.870. The predicted octanol–water partition coefficient (Wildman–Crippen LogP) is 4.27. The summed E-state index contributed by atoms with van der Waals surface area (Å²) >= 11 is 12.6. The zero-order chi connectivity index (χ0) is 11.6. The van der Waals surface area contributed by atoms with Crippen LogP contribution in [0.1, 0.15) is 18.5 Å². The van der Waals surface area contributed by atoms with Crippen LogP contribution >= 0.6 is 34.5 Å². The summed E-state index contributed by atoms with van der Waals surface area (Å²) in [5.41, 5.74) is 0.593. The number of alkyl halides is 3. The summed E-state index contributed by atoms with van der Waals surface area (Å²) in [5.74, 6) is 0. The zero-order valence-electron chi connectivity index (χ0n) is 7.66. The van der Waals surface area contributed by atoms with E-state index in [1.807, 2.05) is 0 Å². The van der Waals surface area contributed by atoms with E-state index < -0.39 is 18.8 Å². The van der Waals surface area contributed by atoms with Crippen LogP contribution in [0.3, 0.4) is 0 Å². The van der Waals surface area contributed by atoms with Crippen LogP contribution in [0.15, 0.2) is 6.07 Å². The fraction of sp³-hybridized carbons (Fsp3) is 0.500. The van der Waals surface area contributed by atoms with Crippen molar-refractivity contribution in [3.8, 4) is 0 Å². The second-order valence-electron chi connectivity index (χ2n) is 3.00. The first-order valence-electron chi connectivity index (χ1n) is 4.04. The van der Waals surface area contributed by atoms with Crippen molar-refractivity contribution in [3.63, 3.8) is 0 Å². The minimum atomic E-state index is -4.22. The molecule has 7 heteroatoms. The van der Waals surface area contributed by atoms with Gasteiger partial charge in [0.05, 0.1) is 15.2 Å². The smallest absolute Gasteiger partial charge is 0.302 e. The molecule has 1 nitrogen and oxygen atoms in total. The number of hydrogen-bond acceptors (Lipinski definition) is 2. The van der Waals surface area contributed by atoms with Crippen LogP contribution in [-0.2, 0) is 0 Å². The Bertz CT molecular complexity index is 337. The molecule has 0 aliphatic rings. The summed E-state index contributed by atoms with van der Waals surface area (Å²) in [6.07, 6.45) is -4.22. The van der Waals surface area contributed by atoms with Crippen molar-refractivity contribution in [2.45, 2.75) is 19.1 Å². The first-order chi connectivity index (χ1) is 6.79. The highest BCUT2D eigenvalue weighted by Crippen LogP contribution is 2.34. The van der Waals surface area contributed by atoms with Crippen molar-refractivity contribution in [1.82, 2.24) is 5.32 Å². The first-order valence-corrected chi connectivity index (χ1v) is 5.61. The van der Waals surface area contributed by atoms with Crippen molar-refractivity contribution in [2.75, 3.05) is 6.54 Å².